The van der Waals surface area contributed by atoms with Crippen LogP contribution in [0.1, 0.15) is 31.4 Å². The van der Waals surface area contributed by atoms with Crippen LogP contribution >= 0.6 is 11.3 Å². The molecule has 0 spiro atoms. The van der Waals surface area contributed by atoms with Crippen LogP contribution in [0.4, 0.5) is 5.82 Å². The molecule has 0 bridgehead atoms. The van der Waals surface area contributed by atoms with Gasteiger partial charge in [-0.15, -0.1) is 11.3 Å². The van der Waals surface area contributed by atoms with Crippen molar-refractivity contribution in [3.63, 3.8) is 0 Å². The molecule has 0 radical (unpaired) electrons. The molecular formula is C22H27N5OS. The largest absolute Gasteiger partial charge is 0.353 e. The number of hydrogen-bond donors (Lipinski definition) is 1. The van der Waals surface area contributed by atoms with E-state index >= 15 is 0 Å². The highest BCUT2D eigenvalue weighted by Crippen LogP contribution is 2.27. The van der Waals surface area contributed by atoms with Gasteiger partial charge in [0, 0.05) is 26.2 Å². The summed E-state index contributed by atoms with van der Waals surface area (Å²) in [5, 5.41) is 6.41. The van der Waals surface area contributed by atoms with Gasteiger partial charge in [-0.05, 0) is 23.4 Å². The van der Waals surface area contributed by atoms with E-state index < -0.39 is 0 Å². The number of carbonyl (C=O) groups is 1. The van der Waals surface area contributed by atoms with Crippen LogP contribution in [0.25, 0.3) is 10.2 Å². The molecule has 1 saturated heterocycles. The summed E-state index contributed by atoms with van der Waals surface area (Å²) in [7, 11) is 0. The molecule has 3 heterocycles. The maximum Gasteiger partial charge on any atom is 0.234 e. The van der Waals surface area contributed by atoms with Gasteiger partial charge in [-0.1, -0.05) is 43.7 Å². The molecule has 1 aromatic carbocycles. The van der Waals surface area contributed by atoms with Gasteiger partial charge in [0.05, 0.1) is 18.0 Å². The molecule has 1 aliphatic rings. The molecule has 0 saturated carbocycles. The first-order valence-corrected chi connectivity index (χ1v) is 11.1. The number of thiophene rings is 1. The van der Waals surface area contributed by atoms with Crippen molar-refractivity contribution in [3.05, 3.63) is 53.7 Å². The predicted molar refractivity (Wildman–Crippen MR) is 118 cm³/mol. The van der Waals surface area contributed by atoms with Crippen LogP contribution in [0.3, 0.4) is 0 Å². The maximum atomic E-state index is 12.7. The monoisotopic (exact) mass is 409 g/mol. The molecule has 3 aromatic rings. The molecule has 1 amide bonds. The Balaban J connectivity index is 1.32. The summed E-state index contributed by atoms with van der Waals surface area (Å²) >= 11 is 1.64. The highest BCUT2D eigenvalue weighted by molar-refractivity contribution is 7.16. The van der Waals surface area contributed by atoms with Crippen LogP contribution < -0.4 is 10.2 Å². The standard InChI is InChI=1S/C22H27N5OS/c1-2-6-19(17-7-4-3-5-8-17)25-20(28)15-26-10-12-27(13-11-26)21-18-9-14-29-22(18)24-16-23-21/h3-5,7-9,14,16,19H,2,6,10-13,15H2,1H3,(H,25,28). The summed E-state index contributed by atoms with van der Waals surface area (Å²) in [4.78, 5) is 27.1. The Morgan fingerprint density at radius 3 is 2.69 bits per heavy atom. The van der Waals surface area contributed by atoms with Crippen LogP contribution in [0, 0.1) is 0 Å². The number of nitrogens with one attached hydrogen (secondary N) is 1. The van der Waals surface area contributed by atoms with E-state index in [1.807, 2.05) is 18.2 Å². The number of carbonyl (C=O) groups excluding carboxylic acids is 1. The van der Waals surface area contributed by atoms with Gasteiger partial charge in [0.15, 0.2) is 0 Å². The van der Waals surface area contributed by atoms with Gasteiger partial charge in [-0.25, -0.2) is 9.97 Å². The Kier molecular flexibility index (Phi) is 6.36. The summed E-state index contributed by atoms with van der Waals surface area (Å²) in [6.07, 6.45) is 3.63. The molecule has 6 nitrogen and oxygen atoms in total. The highest BCUT2D eigenvalue weighted by Gasteiger charge is 2.22. The van der Waals surface area contributed by atoms with Crippen molar-refractivity contribution in [1.29, 1.82) is 0 Å². The van der Waals surface area contributed by atoms with Gasteiger partial charge >= 0.3 is 0 Å². The molecule has 7 heteroatoms. The molecule has 1 atom stereocenters. The fraction of sp³-hybridized carbons (Fsp3) is 0.409. The lowest BCUT2D eigenvalue weighted by molar-refractivity contribution is -0.123. The van der Waals surface area contributed by atoms with E-state index in [-0.39, 0.29) is 11.9 Å². The minimum atomic E-state index is 0.0860. The Morgan fingerprint density at radius 2 is 1.93 bits per heavy atom. The van der Waals surface area contributed by atoms with E-state index in [9.17, 15) is 4.79 Å². The molecule has 4 rings (SSSR count). The molecule has 1 N–H and O–H groups in total. The van der Waals surface area contributed by atoms with Gasteiger partial charge in [-0.3, -0.25) is 9.69 Å². The first kappa shape index (κ1) is 19.8. The van der Waals surface area contributed by atoms with Crippen molar-refractivity contribution in [1.82, 2.24) is 20.2 Å². The molecule has 29 heavy (non-hydrogen) atoms. The van der Waals surface area contributed by atoms with Gasteiger partial charge < -0.3 is 10.2 Å². The van der Waals surface area contributed by atoms with Crippen molar-refractivity contribution in [2.45, 2.75) is 25.8 Å². The Bertz CT molecular complexity index is 937. The van der Waals surface area contributed by atoms with Crippen LogP contribution in [-0.2, 0) is 4.79 Å². The van der Waals surface area contributed by atoms with Crippen LogP contribution in [0.2, 0.25) is 0 Å². The van der Waals surface area contributed by atoms with Crippen LogP contribution in [0.15, 0.2) is 48.1 Å². The van der Waals surface area contributed by atoms with E-state index in [2.05, 4.69) is 55.6 Å². The SMILES string of the molecule is CCCC(NC(=O)CN1CCN(c2ncnc3sccc23)CC1)c1ccccc1. The second-order valence-electron chi connectivity index (χ2n) is 7.42. The van der Waals surface area contributed by atoms with Crippen molar-refractivity contribution in [3.8, 4) is 0 Å². The van der Waals surface area contributed by atoms with Gasteiger partial charge in [0.25, 0.3) is 0 Å². The average molecular weight is 410 g/mol. The van der Waals surface area contributed by atoms with Crippen molar-refractivity contribution in [2.24, 2.45) is 0 Å². The second-order valence-corrected chi connectivity index (χ2v) is 8.31. The predicted octanol–water partition coefficient (Wildman–Crippen LogP) is 3.47. The van der Waals surface area contributed by atoms with Crippen LogP contribution in [0.5, 0.6) is 0 Å². The quantitative estimate of drug-likeness (QED) is 0.647. The van der Waals surface area contributed by atoms with E-state index in [0.29, 0.717) is 6.54 Å². The molecule has 0 aliphatic carbocycles. The number of amides is 1. The smallest absolute Gasteiger partial charge is 0.234 e. The Hall–Kier alpha value is -2.51. The van der Waals surface area contributed by atoms with Crippen molar-refractivity contribution >= 4 is 33.3 Å². The molecule has 1 aliphatic heterocycles. The third kappa shape index (κ3) is 4.74. The fourth-order valence-electron chi connectivity index (χ4n) is 3.89. The average Bonchev–Trinajstić information content (AvgIpc) is 3.24. The normalized spacial score (nSPS) is 16.1. The van der Waals surface area contributed by atoms with Gasteiger partial charge in [0.1, 0.15) is 17.0 Å². The first-order chi connectivity index (χ1) is 14.2. The number of fused-ring (bicyclic) bond motifs is 1. The van der Waals surface area contributed by atoms with E-state index in [4.69, 9.17) is 0 Å². The summed E-state index contributed by atoms with van der Waals surface area (Å²) in [6, 6.07) is 12.4. The summed E-state index contributed by atoms with van der Waals surface area (Å²) in [6.45, 7) is 6.04. The van der Waals surface area contributed by atoms with Gasteiger partial charge in [0.2, 0.25) is 5.91 Å². The summed E-state index contributed by atoms with van der Waals surface area (Å²) < 4.78 is 0. The van der Waals surface area contributed by atoms with E-state index in [1.165, 1.54) is 5.56 Å². The Labute approximate surface area is 175 Å². The topological polar surface area (TPSA) is 61.4 Å². The van der Waals surface area contributed by atoms with Crippen molar-refractivity contribution < 1.29 is 4.79 Å². The number of piperazine rings is 1. The molecule has 152 valence electrons. The van der Waals surface area contributed by atoms with E-state index in [1.54, 1.807) is 17.7 Å². The molecule has 2 aromatic heterocycles. The third-order valence-electron chi connectivity index (χ3n) is 5.39. The van der Waals surface area contributed by atoms with Gasteiger partial charge in [-0.2, -0.15) is 0 Å². The zero-order chi connectivity index (χ0) is 20.1. The molecule has 1 unspecified atom stereocenters. The minimum Gasteiger partial charge on any atom is -0.353 e. The summed E-state index contributed by atoms with van der Waals surface area (Å²) in [5.41, 5.74) is 1.18. The summed E-state index contributed by atoms with van der Waals surface area (Å²) in [5.74, 6) is 1.11. The minimum absolute atomic E-state index is 0.0860. The van der Waals surface area contributed by atoms with Crippen molar-refractivity contribution in [2.75, 3.05) is 37.6 Å². The van der Waals surface area contributed by atoms with E-state index in [0.717, 1.165) is 55.1 Å². The second kappa shape index (κ2) is 9.33. The number of aromatic nitrogens is 2. The lowest BCUT2D eigenvalue weighted by Crippen LogP contribution is -2.50. The van der Waals surface area contributed by atoms with Crippen LogP contribution in [-0.4, -0.2) is 53.5 Å². The lowest BCUT2D eigenvalue weighted by atomic mass is 10.0. The first-order valence-electron chi connectivity index (χ1n) is 10.2. The third-order valence-corrected chi connectivity index (χ3v) is 6.21. The molecule has 1 fully saturated rings. The Morgan fingerprint density at radius 1 is 1.14 bits per heavy atom. The number of nitrogens with zero attached hydrogens (tertiary/aromatic N) is 4. The maximum absolute atomic E-state index is 12.7. The number of anilines is 1. The zero-order valence-electron chi connectivity index (χ0n) is 16.8. The number of rotatable bonds is 7. The molecular weight excluding hydrogens is 382 g/mol. The lowest BCUT2D eigenvalue weighted by Gasteiger charge is -2.35. The zero-order valence-corrected chi connectivity index (χ0v) is 17.6. The highest BCUT2D eigenvalue weighted by atomic mass is 32.1. The number of hydrogen-bond acceptors (Lipinski definition) is 6. The fourth-order valence-corrected chi connectivity index (χ4v) is 4.61. The number of benzene rings is 1.